The predicted octanol–water partition coefficient (Wildman–Crippen LogP) is 1.17. The number of nitrogens with zero attached hydrogens (tertiary/aromatic N) is 1. The smallest absolute Gasteiger partial charge is 0.231 e. The van der Waals surface area contributed by atoms with Gasteiger partial charge in [-0.05, 0) is 17.2 Å². The van der Waals surface area contributed by atoms with Crippen LogP contribution < -0.4 is 4.90 Å². The van der Waals surface area contributed by atoms with Crippen molar-refractivity contribution in [3.8, 4) is 0 Å². The van der Waals surface area contributed by atoms with E-state index in [2.05, 4.69) is 12.6 Å². The van der Waals surface area contributed by atoms with E-state index >= 15 is 0 Å². The number of aliphatic hydroxyl groups is 1. The minimum absolute atomic E-state index is 0.0995. The van der Waals surface area contributed by atoms with Crippen LogP contribution in [0.25, 0.3) is 0 Å². The van der Waals surface area contributed by atoms with E-state index in [9.17, 15) is 9.90 Å². The summed E-state index contributed by atoms with van der Waals surface area (Å²) >= 11 is 4.04. The fourth-order valence-electron chi connectivity index (χ4n) is 1.80. The number of benzene rings is 1. The summed E-state index contributed by atoms with van der Waals surface area (Å²) in [5.41, 5.74) is 2.75. The Balaban J connectivity index is 2.37. The first kappa shape index (κ1) is 10.5. The summed E-state index contributed by atoms with van der Waals surface area (Å²) in [4.78, 5) is 13.1. The molecule has 1 N–H and O–H groups in total. The minimum atomic E-state index is -0.556. The molecule has 0 radical (unpaired) electrons. The average molecular weight is 223 g/mol. The highest BCUT2D eigenvalue weighted by atomic mass is 32.1. The summed E-state index contributed by atoms with van der Waals surface area (Å²) in [6, 6.07) is 5.61. The molecule has 1 aromatic rings. The van der Waals surface area contributed by atoms with E-state index in [0.29, 0.717) is 12.2 Å². The van der Waals surface area contributed by atoms with E-state index in [0.717, 1.165) is 16.8 Å². The van der Waals surface area contributed by atoms with Gasteiger partial charge in [0, 0.05) is 18.5 Å². The Morgan fingerprint density at radius 2 is 2.33 bits per heavy atom. The quantitative estimate of drug-likeness (QED) is 0.739. The Morgan fingerprint density at radius 1 is 1.60 bits per heavy atom. The van der Waals surface area contributed by atoms with Crippen LogP contribution in [0.1, 0.15) is 17.2 Å². The molecule has 1 unspecified atom stereocenters. The summed E-state index contributed by atoms with van der Waals surface area (Å²) in [6.07, 6.45) is -0.126. The van der Waals surface area contributed by atoms with E-state index in [4.69, 9.17) is 0 Å². The SMILES string of the molecule is CN1C(=O)Cc2cc(C(O)CS)ccc21. The van der Waals surface area contributed by atoms with Gasteiger partial charge in [-0.2, -0.15) is 12.6 Å². The number of carbonyl (C=O) groups excluding carboxylic acids is 1. The van der Waals surface area contributed by atoms with Crippen LogP contribution >= 0.6 is 12.6 Å². The Morgan fingerprint density at radius 3 is 3.00 bits per heavy atom. The summed E-state index contributed by atoms with van der Waals surface area (Å²) in [7, 11) is 1.77. The molecule has 2 rings (SSSR count). The molecular formula is C11H13NO2S. The lowest BCUT2D eigenvalue weighted by molar-refractivity contribution is -0.117. The Kier molecular flexibility index (Phi) is 2.71. The maximum Gasteiger partial charge on any atom is 0.231 e. The van der Waals surface area contributed by atoms with Crippen molar-refractivity contribution in [2.45, 2.75) is 12.5 Å². The number of amides is 1. The van der Waals surface area contributed by atoms with Crippen molar-refractivity contribution in [3.05, 3.63) is 29.3 Å². The van der Waals surface area contributed by atoms with E-state index in [1.54, 1.807) is 11.9 Å². The number of hydrogen-bond acceptors (Lipinski definition) is 3. The van der Waals surface area contributed by atoms with Gasteiger partial charge in [0.25, 0.3) is 0 Å². The van der Waals surface area contributed by atoms with E-state index in [1.165, 1.54) is 0 Å². The van der Waals surface area contributed by atoms with Crippen molar-refractivity contribution < 1.29 is 9.90 Å². The number of hydrogen-bond donors (Lipinski definition) is 2. The molecule has 0 aromatic heterocycles. The third-order valence-corrected chi connectivity index (χ3v) is 3.08. The van der Waals surface area contributed by atoms with Gasteiger partial charge in [0.2, 0.25) is 5.91 Å². The predicted molar refractivity (Wildman–Crippen MR) is 62.4 cm³/mol. The van der Waals surface area contributed by atoms with Crippen molar-refractivity contribution in [2.75, 3.05) is 17.7 Å². The van der Waals surface area contributed by atoms with Crippen molar-refractivity contribution in [1.29, 1.82) is 0 Å². The number of aliphatic hydroxyl groups excluding tert-OH is 1. The lowest BCUT2D eigenvalue weighted by Crippen LogP contribution is -2.20. The molecule has 0 bridgehead atoms. The van der Waals surface area contributed by atoms with Crippen LogP contribution in [0.4, 0.5) is 5.69 Å². The first-order valence-electron chi connectivity index (χ1n) is 4.82. The molecule has 3 nitrogen and oxygen atoms in total. The zero-order valence-corrected chi connectivity index (χ0v) is 9.37. The molecular weight excluding hydrogens is 210 g/mol. The van der Waals surface area contributed by atoms with Gasteiger partial charge < -0.3 is 10.0 Å². The summed E-state index contributed by atoms with van der Waals surface area (Å²) in [5.74, 6) is 0.491. The zero-order chi connectivity index (χ0) is 11.0. The van der Waals surface area contributed by atoms with Crippen LogP contribution in [0.15, 0.2) is 18.2 Å². The molecule has 1 aliphatic rings. The van der Waals surface area contributed by atoms with Crippen LogP contribution in [0.5, 0.6) is 0 Å². The van der Waals surface area contributed by atoms with Crippen LogP contribution in [0.2, 0.25) is 0 Å². The maximum absolute atomic E-state index is 11.4. The molecule has 0 aliphatic carbocycles. The second kappa shape index (κ2) is 3.87. The summed E-state index contributed by atoms with van der Waals surface area (Å²) in [5, 5.41) is 9.62. The van der Waals surface area contributed by atoms with Crippen LogP contribution in [0.3, 0.4) is 0 Å². The second-order valence-corrected chi connectivity index (χ2v) is 4.08. The van der Waals surface area contributed by atoms with Gasteiger partial charge in [-0.3, -0.25) is 4.79 Å². The Labute approximate surface area is 94.1 Å². The van der Waals surface area contributed by atoms with Crippen molar-refractivity contribution in [2.24, 2.45) is 0 Å². The number of fused-ring (bicyclic) bond motifs is 1. The number of anilines is 1. The van der Waals surface area contributed by atoms with Gasteiger partial charge >= 0.3 is 0 Å². The van der Waals surface area contributed by atoms with Gasteiger partial charge in [0.1, 0.15) is 0 Å². The number of likely N-dealkylation sites (N-methyl/N-ethyl adjacent to an activating group) is 1. The number of rotatable bonds is 2. The highest BCUT2D eigenvalue weighted by Gasteiger charge is 2.24. The van der Waals surface area contributed by atoms with Crippen LogP contribution in [-0.4, -0.2) is 23.8 Å². The van der Waals surface area contributed by atoms with E-state index < -0.39 is 6.10 Å². The van der Waals surface area contributed by atoms with E-state index in [-0.39, 0.29) is 5.91 Å². The molecule has 0 spiro atoms. The molecule has 0 saturated carbocycles. The molecule has 1 atom stereocenters. The molecule has 1 amide bonds. The molecule has 0 saturated heterocycles. The van der Waals surface area contributed by atoms with Crippen molar-refractivity contribution in [1.82, 2.24) is 0 Å². The van der Waals surface area contributed by atoms with Gasteiger partial charge in [0.15, 0.2) is 0 Å². The highest BCUT2D eigenvalue weighted by molar-refractivity contribution is 7.80. The average Bonchev–Trinajstić information content (AvgIpc) is 2.53. The normalized spacial score (nSPS) is 16.7. The summed E-state index contributed by atoms with van der Waals surface area (Å²) in [6.45, 7) is 0. The molecule has 15 heavy (non-hydrogen) atoms. The highest BCUT2D eigenvalue weighted by Crippen LogP contribution is 2.30. The minimum Gasteiger partial charge on any atom is -0.388 e. The first-order chi connectivity index (χ1) is 7.13. The first-order valence-corrected chi connectivity index (χ1v) is 5.45. The largest absolute Gasteiger partial charge is 0.388 e. The standard InChI is InChI=1S/C11H13NO2S/c1-12-9-3-2-7(10(13)6-15)4-8(9)5-11(12)14/h2-4,10,13,15H,5-6H2,1H3. The molecule has 80 valence electrons. The second-order valence-electron chi connectivity index (χ2n) is 3.72. The fraction of sp³-hybridized carbons (Fsp3) is 0.364. The van der Waals surface area contributed by atoms with Gasteiger partial charge in [-0.15, -0.1) is 0 Å². The Bertz CT molecular complexity index is 406. The van der Waals surface area contributed by atoms with Gasteiger partial charge in [0.05, 0.1) is 12.5 Å². The van der Waals surface area contributed by atoms with Crippen molar-refractivity contribution >= 4 is 24.2 Å². The third-order valence-electron chi connectivity index (χ3n) is 2.74. The molecule has 1 heterocycles. The van der Waals surface area contributed by atoms with Gasteiger partial charge in [-0.1, -0.05) is 12.1 Å². The molecule has 4 heteroatoms. The molecule has 1 aromatic carbocycles. The maximum atomic E-state index is 11.4. The monoisotopic (exact) mass is 223 g/mol. The van der Waals surface area contributed by atoms with Crippen molar-refractivity contribution in [3.63, 3.8) is 0 Å². The topological polar surface area (TPSA) is 40.5 Å². The lowest BCUT2D eigenvalue weighted by Gasteiger charge is -2.12. The Hall–Kier alpha value is -1.00. The van der Waals surface area contributed by atoms with Gasteiger partial charge in [-0.25, -0.2) is 0 Å². The van der Waals surface area contributed by atoms with E-state index in [1.807, 2.05) is 18.2 Å². The summed E-state index contributed by atoms with van der Waals surface area (Å²) < 4.78 is 0. The van der Waals surface area contributed by atoms with Crippen LogP contribution in [-0.2, 0) is 11.2 Å². The number of thiol groups is 1. The third kappa shape index (κ3) is 1.75. The molecule has 0 fully saturated rings. The number of carbonyl (C=O) groups is 1. The zero-order valence-electron chi connectivity index (χ0n) is 8.47. The lowest BCUT2D eigenvalue weighted by atomic mass is 10.1. The van der Waals surface area contributed by atoms with Crippen LogP contribution in [0, 0.1) is 0 Å². The fourth-order valence-corrected chi connectivity index (χ4v) is 2.01. The molecule has 1 aliphatic heterocycles.